The summed E-state index contributed by atoms with van der Waals surface area (Å²) in [6, 6.07) is 7.58. The lowest BCUT2D eigenvalue weighted by Gasteiger charge is -2.21. The molecule has 9 heteroatoms. The molecule has 0 fully saturated rings. The molecule has 0 heterocycles. The molecule has 2 atom stereocenters. The van der Waals surface area contributed by atoms with Gasteiger partial charge in [-0.25, -0.2) is 4.85 Å². The van der Waals surface area contributed by atoms with Crippen molar-refractivity contribution < 1.29 is 14.7 Å². The molecule has 0 bridgehead atoms. The average Bonchev–Trinajstić information content (AvgIpc) is 2.68. The Bertz CT molecular complexity index is 987. The molecule has 0 spiro atoms. The normalized spacial score (nSPS) is 12.6. The number of aliphatic hydroxyl groups excluding tert-OH is 1. The average molecular weight is 455 g/mol. The van der Waals surface area contributed by atoms with Crippen molar-refractivity contribution >= 4 is 52.3 Å². The number of amides is 2. The second-order valence-electron chi connectivity index (χ2n) is 6.42. The second kappa shape index (κ2) is 9.95. The van der Waals surface area contributed by atoms with E-state index in [1.807, 2.05) is 0 Å². The van der Waals surface area contributed by atoms with Gasteiger partial charge in [0.25, 0.3) is 5.91 Å². The number of hydrogen-bond donors (Lipinski definition) is 3. The smallest absolute Gasteiger partial charge is 0.269 e. The molecule has 2 aromatic carbocycles. The van der Waals surface area contributed by atoms with Gasteiger partial charge in [0.15, 0.2) is 0 Å². The number of carbonyl (C=O) groups excluding carboxylic acids is 2. The van der Waals surface area contributed by atoms with E-state index in [4.69, 9.17) is 41.4 Å². The van der Waals surface area contributed by atoms with Crippen molar-refractivity contribution in [2.75, 3.05) is 0 Å². The van der Waals surface area contributed by atoms with Crippen molar-refractivity contribution in [1.82, 2.24) is 10.9 Å². The van der Waals surface area contributed by atoms with Crippen LogP contribution in [0.1, 0.15) is 28.4 Å². The van der Waals surface area contributed by atoms with E-state index in [1.54, 1.807) is 19.1 Å². The molecule has 0 aromatic heterocycles. The van der Waals surface area contributed by atoms with E-state index >= 15 is 0 Å². The number of nitrogens with zero attached hydrogens (tertiary/aromatic N) is 1. The van der Waals surface area contributed by atoms with E-state index in [2.05, 4.69) is 15.7 Å². The summed E-state index contributed by atoms with van der Waals surface area (Å²) in [6.45, 7) is 10.3. The Labute approximate surface area is 183 Å². The van der Waals surface area contributed by atoms with Crippen molar-refractivity contribution in [3.05, 3.63) is 73.5 Å². The third kappa shape index (κ3) is 5.62. The van der Waals surface area contributed by atoms with Gasteiger partial charge in [0.1, 0.15) is 0 Å². The van der Waals surface area contributed by atoms with Crippen LogP contribution in [0.2, 0.25) is 15.1 Å². The number of halogens is 3. The fourth-order valence-electron chi connectivity index (χ4n) is 2.66. The molecular weight excluding hydrogens is 437 g/mol. The first-order chi connectivity index (χ1) is 13.6. The highest BCUT2D eigenvalue weighted by Crippen LogP contribution is 2.32. The lowest BCUT2D eigenvalue weighted by atomic mass is 9.91. The summed E-state index contributed by atoms with van der Waals surface area (Å²) in [7, 11) is 0. The van der Waals surface area contributed by atoms with E-state index in [9.17, 15) is 14.7 Å². The Hall–Kier alpha value is -2.30. The number of benzene rings is 2. The number of carbonyl (C=O) groups is 2. The topological polar surface area (TPSA) is 82.8 Å². The fourth-order valence-corrected chi connectivity index (χ4v) is 3.18. The van der Waals surface area contributed by atoms with E-state index in [0.29, 0.717) is 21.3 Å². The zero-order valence-electron chi connectivity index (χ0n) is 15.6. The zero-order valence-corrected chi connectivity index (χ0v) is 17.9. The molecule has 29 heavy (non-hydrogen) atoms. The Kier molecular flexibility index (Phi) is 7.88. The van der Waals surface area contributed by atoms with E-state index < -0.39 is 23.8 Å². The molecule has 2 amide bonds. The summed E-state index contributed by atoms with van der Waals surface area (Å²) in [4.78, 5) is 28.1. The van der Waals surface area contributed by atoms with Crippen LogP contribution in [0.5, 0.6) is 0 Å². The van der Waals surface area contributed by atoms with Crippen molar-refractivity contribution in [2.24, 2.45) is 5.92 Å². The molecule has 0 unspecified atom stereocenters. The van der Waals surface area contributed by atoms with Gasteiger partial charge >= 0.3 is 0 Å². The van der Waals surface area contributed by atoms with Crippen molar-refractivity contribution in [2.45, 2.75) is 26.4 Å². The first-order valence-corrected chi connectivity index (χ1v) is 9.67. The van der Waals surface area contributed by atoms with E-state index in [0.717, 1.165) is 5.56 Å². The van der Waals surface area contributed by atoms with Gasteiger partial charge in [-0.2, -0.15) is 0 Å². The van der Waals surface area contributed by atoms with Crippen molar-refractivity contribution in [1.29, 1.82) is 0 Å². The van der Waals surface area contributed by atoms with Crippen LogP contribution < -0.4 is 10.9 Å². The number of hydrogen-bond acceptors (Lipinski definition) is 3. The molecule has 0 saturated heterocycles. The van der Waals surface area contributed by atoms with Crippen LogP contribution in [0, 0.1) is 19.4 Å². The summed E-state index contributed by atoms with van der Waals surface area (Å²) in [5, 5.41) is 10.9. The summed E-state index contributed by atoms with van der Waals surface area (Å²) in [5.74, 6) is -2.00. The third-order valence-corrected chi connectivity index (χ3v) is 5.65. The molecule has 0 saturated carbocycles. The van der Waals surface area contributed by atoms with Crippen LogP contribution in [0.25, 0.3) is 4.85 Å². The molecular formula is C20H18Cl3N3O3. The standard InChI is InChI=1S/C20H18Cl3N3O3/c1-10-12(5-7-17(24-3)18(10)23)8-14(11(2)27)20(29)26-25-19(28)13-4-6-15(21)16(22)9-13/h4-7,9,11,14,27H,8H2,1-2H3,(H,25,28)(H,26,29)/t11-,14+/m0/s1. The highest BCUT2D eigenvalue weighted by molar-refractivity contribution is 6.42. The van der Waals surface area contributed by atoms with Crippen LogP contribution in [-0.4, -0.2) is 23.0 Å². The van der Waals surface area contributed by atoms with Crippen LogP contribution >= 0.6 is 34.8 Å². The molecule has 0 radical (unpaired) electrons. The summed E-state index contributed by atoms with van der Waals surface area (Å²) in [6.07, 6.45) is -0.814. The minimum Gasteiger partial charge on any atom is -0.393 e. The van der Waals surface area contributed by atoms with Gasteiger partial charge in [0.2, 0.25) is 11.6 Å². The number of aliphatic hydroxyl groups is 1. The third-order valence-electron chi connectivity index (χ3n) is 4.44. The first kappa shape index (κ1) is 23.0. The predicted octanol–water partition coefficient (Wildman–Crippen LogP) is 4.51. The Morgan fingerprint density at radius 2 is 1.83 bits per heavy atom. The first-order valence-electron chi connectivity index (χ1n) is 8.54. The SMILES string of the molecule is [C-]#[N+]c1ccc(C[C@@H](C(=O)NNC(=O)c2ccc(Cl)c(Cl)c2)[C@H](C)O)c(C)c1Cl. The summed E-state index contributed by atoms with van der Waals surface area (Å²) < 4.78 is 0. The predicted molar refractivity (Wildman–Crippen MR) is 113 cm³/mol. The highest BCUT2D eigenvalue weighted by Gasteiger charge is 2.26. The molecule has 2 rings (SSSR count). The molecule has 0 aliphatic rings. The monoisotopic (exact) mass is 453 g/mol. The molecule has 0 aliphatic carbocycles. The maximum absolute atomic E-state index is 12.6. The number of hydrazine groups is 1. The lowest BCUT2D eigenvalue weighted by molar-refractivity contribution is -0.128. The largest absolute Gasteiger partial charge is 0.393 e. The molecule has 3 N–H and O–H groups in total. The Morgan fingerprint density at radius 3 is 2.41 bits per heavy atom. The van der Waals surface area contributed by atoms with Crippen LogP contribution in [0.15, 0.2) is 30.3 Å². The Balaban J connectivity index is 2.10. The maximum Gasteiger partial charge on any atom is 0.269 e. The quantitative estimate of drug-likeness (QED) is 0.459. The van der Waals surface area contributed by atoms with E-state index in [1.165, 1.54) is 25.1 Å². The summed E-state index contributed by atoms with van der Waals surface area (Å²) in [5.41, 5.74) is 6.53. The van der Waals surface area contributed by atoms with Gasteiger partial charge in [-0.1, -0.05) is 46.9 Å². The van der Waals surface area contributed by atoms with Crippen LogP contribution in [-0.2, 0) is 11.2 Å². The van der Waals surface area contributed by atoms with Gasteiger partial charge < -0.3 is 5.11 Å². The number of nitrogens with one attached hydrogen (secondary N) is 2. The fraction of sp³-hybridized carbons (Fsp3) is 0.250. The molecule has 6 nitrogen and oxygen atoms in total. The van der Waals surface area contributed by atoms with Crippen LogP contribution in [0.3, 0.4) is 0 Å². The Morgan fingerprint density at radius 1 is 1.14 bits per heavy atom. The zero-order chi connectivity index (χ0) is 21.7. The van der Waals surface area contributed by atoms with E-state index in [-0.39, 0.29) is 17.0 Å². The van der Waals surface area contributed by atoms with Gasteiger partial charge in [-0.15, -0.1) is 0 Å². The van der Waals surface area contributed by atoms with Crippen LogP contribution in [0.4, 0.5) is 5.69 Å². The van der Waals surface area contributed by atoms with Gasteiger partial charge in [-0.05, 0) is 49.6 Å². The van der Waals surface area contributed by atoms with Crippen molar-refractivity contribution in [3.8, 4) is 0 Å². The minimum atomic E-state index is -0.990. The maximum atomic E-state index is 12.6. The molecule has 0 aliphatic heterocycles. The summed E-state index contributed by atoms with van der Waals surface area (Å²) >= 11 is 17.9. The molecule has 152 valence electrons. The lowest BCUT2D eigenvalue weighted by Crippen LogP contribution is -2.47. The highest BCUT2D eigenvalue weighted by atomic mass is 35.5. The minimum absolute atomic E-state index is 0.177. The van der Waals surface area contributed by atoms with Gasteiger partial charge in [0, 0.05) is 5.56 Å². The van der Waals surface area contributed by atoms with Gasteiger partial charge in [0.05, 0.1) is 33.7 Å². The van der Waals surface area contributed by atoms with Crippen molar-refractivity contribution in [3.63, 3.8) is 0 Å². The molecule has 2 aromatic rings. The number of rotatable bonds is 5. The van der Waals surface area contributed by atoms with Gasteiger partial charge in [-0.3, -0.25) is 20.4 Å². The second-order valence-corrected chi connectivity index (χ2v) is 7.61.